The van der Waals surface area contributed by atoms with Gasteiger partial charge in [0.15, 0.2) is 0 Å². The Balaban J connectivity index is 3.32. The molecule has 0 heterocycles. The fourth-order valence-corrected chi connectivity index (χ4v) is 1.71. The van der Waals surface area contributed by atoms with Crippen LogP contribution in [0.25, 0.3) is 0 Å². The Morgan fingerprint density at radius 2 is 1.45 bits per heavy atom. The highest BCUT2D eigenvalue weighted by Crippen LogP contribution is 2.37. The Kier molecular flexibility index (Phi) is 4.96. The summed E-state index contributed by atoms with van der Waals surface area (Å²) < 4.78 is 75.9. The Bertz CT molecular complexity index is 523. The number of rotatable bonds is 3. The van der Waals surface area contributed by atoms with E-state index in [1.165, 1.54) is 0 Å². The van der Waals surface area contributed by atoms with Crippen molar-refractivity contribution >= 4 is 6.09 Å². The third-order valence-electron chi connectivity index (χ3n) is 2.78. The van der Waals surface area contributed by atoms with E-state index in [4.69, 9.17) is 5.11 Å². The van der Waals surface area contributed by atoms with Crippen molar-refractivity contribution in [1.29, 1.82) is 0 Å². The average Bonchev–Trinajstić information content (AvgIpc) is 2.34. The van der Waals surface area contributed by atoms with Gasteiger partial charge in [0.1, 0.15) is 0 Å². The van der Waals surface area contributed by atoms with Crippen LogP contribution in [0.15, 0.2) is 18.2 Å². The van der Waals surface area contributed by atoms with E-state index in [0.29, 0.717) is 12.1 Å². The maximum atomic E-state index is 12.7. The van der Waals surface area contributed by atoms with E-state index in [1.807, 2.05) is 0 Å². The van der Waals surface area contributed by atoms with Gasteiger partial charge in [-0.25, -0.2) is 4.79 Å². The second-order valence-electron chi connectivity index (χ2n) is 4.52. The van der Waals surface area contributed by atoms with Crippen LogP contribution in [0.4, 0.5) is 31.1 Å². The van der Waals surface area contributed by atoms with Gasteiger partial charge in [-0.2, -0.15) is 26.3 Å². The van der Waals surface area contributed by atoms with Gasteiger partial charge >= 0.3 is 18.4 Å². The first-order valence-electron chi connectivity index (χ1n) is 5.79. The maximum Gasteiger partial charge on any atom is 0.416 e. The Labute approximate surface area is 120 Å². The van der Waals surface area contributed by atoms with Gasteiger partial charge in [-0.1, -0.05) is 0 Å². The molecule has 4 nitrogen and oxygen atoms in total. The topological polar surface area (TPSA) is 69.6 Å². The van der Waals surface area contributed by atoms with Gasteiger partial charge < -0.3 is 15.5 Å². The fraction of sp³-hybridized carbons (Fsp3) is 0.417. The standard InChI is InChI=1S/C12H11F6NO3/c1-5(19-10(21)22)9(20)6-2-7(11(13,14)15)4-8(3-6)12(16,17)18/h2-5,9,19-20H,1H3,(H,21,22)/t5-,9+/m0/s1. The molecule has 0 radical (unpaired) electrons. The monoisotopic (exact) mass is 331 g/mol. The number of amides is 1. The number of aliphatic hydroxyl groups is 1. The lowest BCUT2D eigenvalue weighted by Gasteiger charge is -2.21. The predicted octanol–water partition coefficient (Wildman–Crippen LogP) is 3.41. The summed E-state index contributed by atoms with van der Waals surface area (Å²) in [6.45, 7) is 1.10. The zero-order chi connectivity index (χ0) is 17.3. The molecular weight excluding hydrogens is 320 g/mol. The first-order valence-corrected chi connectivity index (χ1v) is 5.79. The van der Waals surface area contributed by atoms with Crippen molar-refractivity contribution < 1.29 is 41.4 Å². The summed E-state index contributed by atoms with van der Waals surface area (Å²) in [5.74, 6) is 0. The van der Waals surface area contributed by atoms with Crippen molar-refractivity contribution in [3.05, 3.63) is 34.9 Å². The molecule has 0 saturated heterocycles. The summed E-state index contributed by atoms with van der Waals surface area (Å²) in [5.41, 5.74) is -3.86. The van der Waals surface area contributed by atoms with Gasteiger partial charge in [0.25, 0.3) is 0 Å². The maximum absolute atomic E-state index is 12.7. The molecule has 0 aliphatic heterocycles. The molecule has 0 saturated carbocycles. The zero-order valence-electron chi connectivity index (χ0n) is 11.0. The highest BCUT2D eigenvalue weighted by molar-refractivity contribution is 5.64. The predicted molar refractivity (Wildman–Crippen MR) is 62.0 cm³/mol. The van der Waals surface area contributed by atoms with Crippen LogP contribution in [0.3, 0.4) is 0 Å². The Morgan fingerprint density at radius 3 is 1.77 bits per heavy atom. The molecule has 1 rings (SSSR count). The number of nitrogens with one attached hydrogen (secondary N) is 1. The highest BCUT2D eigenvalue weighted by Gasteiger charge is 2.37. The van der Waals surface area contributed by atoms with Crippen LogP contribution in [-0.2, 0) is 12.4 Å². The third kappa shape index (κ3) is 4.52. The lowest BCUT2D eigenvalue weighted by Crippen LogP contribution is -2.36. The second kappa shape index (κ2) is 6.03. The molecule has 2 atom stereocenters. The molecule has 1 aromatic carbocycles. The molecule has 0 aromatic heterocycles. The van der Waals surface area contributed by atoms with Gasteiger partial charge in [0.05, 0.1) is 23.3 Å². The van der Waals surface area contributed by atoms with Crippen LogP contribution >= 0.6 is 0 Å². The number of aliphatic hydroxyl groups excluding tert-OH is 1. The minimum absolute atomic E-state index is 0.0779. The molecule has 22 heavy (non-hydrogen) atoms. The van der Waals surface area contributed by atoms with Gasteiger partial charge in [-0.15, -0.1) is 0 Å². The van der Waals surface area contributed by atoms with Gasteiger partial charge in [-0.3, -0.25) is 0 Å². The van der Waals surface area contributed by atoms with E-state index in [-0.39, 0.29) is 6.07 Å². The summed E-state index contributed by atoms with van der Waals surface area (Å²) in [5, 5.41) is 20.0. The Morgan fingerprint density at radius 1 is 1.05 bits per heavy atom. The number of halogens is 6. The summed E-state index contributed by atoms with van der Waals surface area (Å²) in [6, 6.07) is -0.687. The van der Waals surface area contributed by atoms with Crippen LogP contribution in [0.1, 0.15) is 29.7 Å². The quantitative estimate of drug-likeness (QED) is 0.744. The van der Waals surface area contributed by atoms with Crippen molar-refractivity contribution in [2.75, 3.05) is 0 Å². The smallest absolute Gasteiger partial charge is 0.416 e. The number of hydrogen-bond donors (Lipinski definition) is 3. The van der Waals surface area contributed by atoms with E-state index in [1.54, 1.807) is 5.32 Å². The van der Waals surface area contributed by atoms with E-state index in [9.17, 15) is 36.2 Å². The first-order chi connectivity index (χ1) is 9.82. The number of hydrogen-bond acceptors (Lipinski definition) is 2. The molecule has 10 heteroatoms. The highest BCUT2D eigenvalue weighted by atomic mass is 19.4. The third-order valence-corrected chi connectivity index (χ3v) is 2.78. The molecule has 0 bridgehead atoms. The van der Waals surface area contributed by atoms with E-state index in [0.717, 1.165) is 6.92 Å². The van der Waals surface area contributed by atoms with Crippen LogP contribution in [0, 0.1) is 0 Å². The molecule has 1 aromatic rings. The number of carboxylic acid groups (broad SMARTS) is 1. The van der Waals surface area contributed by atoms with E-state index >= 15 is 0 Å². The molecule has 0 fully saturated rings. The van der Waals surface area contributed by atoms with Crippen molar-refractivity contribution in [3.63, 3.8) is 0 Å². The second-order valence-corrected chi connectivity index (χ2v) is 4.52. The molecule has 0 spiro atoms. The van der Waals surface area contributed by atoms with Crippen LogP contribution in [-0.4, -0.2) is 22.3 Å². The lowest BCUT2D eigenvalue weighted by atomic mass is 9.97. The largest absolute Gasteiger partial charge is 0.465 e. The van der Waals surface area contributed by atoms with Crippen LogP contribution < -0.4 is 5.32 Å². The van der Waals surface area contributed by atoms with E-state index in [2.05, 4.69) is 0 Å². The SMILES string of the molecule is C[C@H](NC(=O)O)[C@@H](O)c1cc(C(F)(F)F)cc(C(F)(F)F)c1. The average molecular weight is 331 g/mol. The van der Waals surface area contributed by atoms with Crippen LogP contribution in [0.5, 0.6) is 0 Å². The summed E-state index contributed by atoms with van der Waals surface area (Å²) >= 11 is 0. The lowest BCUT2D eigenvalue weighted by molar-refractivity contribution is -0.143. The van der Waals surface area contributed by atoms with Gasteiger partial charge in [0, 0.05) is 0 Å². The number of alkyl halides is 6. The molecular formula is C12H11F6NO3. The minimum atomic E-state index is -5.04. The zero-order valence-corrected chi connectivity index (χ0v) is 11.0. The van der Waals surface area contributed by atoms with Gasteiger partial charge in [0.2, 0.25) is 0 Å². The molecule has 0 aliphatic carbocycles. The molecule has 124 valence electrons. The summed E-state index contributed by atoms with van der Waals surface area (Å²) in [4.78, 5) is 10.4. The van der Waals surface area contributed by atoms with Crippen molar-refractivity contribution in [3.8, 4) is 0 Å². The van der Waals surface area contributed by atoms with Crippen molar-refractivity contribution in [1.82, 2.24) is 5.32 Å². The Hall–Kier alpha value is -1.97. The van der Waals surface area contributed by atoms with E-state index < -0.39 is 47.3 Å². The summed E-state index contributed by atoms with van der Waals surface area (Å²) in [7, 11) is 0. The molecule has 0 unspecified atom stereocenters. The van der Waals surface area contributed by atoms with Crippen molar-refractivity contribution in [2.45, 2.75) is 31.4 Å². The normalized spacial score (nSPS) is 15.3. The molecule has 0 aliphatic rings. The van der Waals surface area contributed by atoms with Crippen LogP contribution in [0.2, 0.25) is 0 Å². The first kappa shape index (κ1) is 18.1. The van der Waals surface area contributed by atoms with Gasteiger partial charge in [-0.05, 0) is 30.7 Å². The fourth-order valence-electron chi connectivity index (χ4n) is 1.71. The minimum Gasteiger partial charge on any atom is -0.465 e. The summed E-state index contributed by atoms with van der Waals surface area (Å²) in [6.07, 6.45) is -13.5. The molecule has 1 amide bonds. The number of benzene rings is 1. The number of carbonyl (C=O) groups is 1. The van der Waals surface area contributed by atoms with Crippen molar-refractivity contribution in [2.24, 2.45) is 0 Å². The molecule has 3 N–H and O–H groups in total.